The maximum absolute atomic E-state index is 12.0. The molecule has 6 heteroatoms. The first kappa shape index (κ1) is 13.5. The van der Waals surface area contributed by atoms with Crippen molar-refractivity contribution in [3.05, 3.63) is 53.3 Å². The molecule has 0 saturated carbocycles. The summed E-state index contributed by atoms with van der Waals surface area (Å²) in [6, 6.07) is 5.95. The van der Waals surface area contributed by atoms with Gasteiger partial charge in [0.15, 0.2) is 0 Å². The van der Waals surface area contributed by atoms with E-state index in [2.05, 4.69) is 10.3 Å². The minimum Gasteiger partial charge on any atom is -0.507 e. The van der Waals surface area contributed by atoms with Gasteiger partial charge < -0.3 is 15.5 Å². The third-order valence-corrected chi connectivity index (χ3v) is 2.64. The lowest BCUT2D eigenvalue weighted by molar-refractivity contribution is 0.0696. The quantitative estimate of drug-likeness (QED) is 0.794. The van der Waals surface area contributed by atoms with E-state index in [1.165, 1.54) is 30.6 Å². The van der Waals surface area contributed by atoms with Crippen molar-refractivity contribution in [3.8, 4) is 5.75 Å². The van der Waals surface area contributed by atoms with E-state index < -0.39 is 11.9 Å². The minimum absolute atomic E-state index is 0.0315. The van der Waals surface area contributed by atoms with Crippen LogP contribution in [0.1, 0.15) is 26.3 Å². The molecule has 2 rings (SSSR count). The van der Waals surface area contributed by atoms with Gasteiger partial charge in [0.1, 0.15) is 5.75 Å². The highest BCUT2D eigenvalue weighted by Crippen LogP contribution is 2.20. The molecule has 0 atom stereocenters. The number of nitrogens with zero attached hydrogens (tertiary/aromatic N) is 1. The fourth-order valence-electron chi connectivity index (χ4n) is 1.66. The molecule has 20 heavy (non-hydrogen) atoms. The van der Waals surface area contributed by atoms with Gasteiger partial charge in [0.05, 0.1) is 23.0 Å². The van der Waals surface area contributed by atoms with Crippen LogP contribution in [0.3, 0.4) is 0 Å². The third kappa shape index (κ3) is 2.92. The number of hydrogen-bond donors (Lipinski definition) is 3. The molecule has 0 fully saturated rings. The fraction of sp³-hybridized carbons (Fsp3) is 0.0714. The fourth-order valence-corrected chi connectivity index (χ4v) is 1.66. The molecular weight excluding hydrogens is 260 g/mol. The number of anilines is 1. The van der Waals surface area contributed by atoms with E-state index in [9.17, 15) is 14.7 Å². The first-order chi connectivity index (χ1) is 9.47. The summed E-state index contributed by atoms with van der Waals surface area (Å²) in [7, 11) is 0. The van der Waals surface area contributed by atoms with Crippen molar-refractivity contribution in [1.29, 1.82) is 0 Å². The molecule has 0 bridgehead atoms. The van der Waals surface area contributed by atoms with Crippen molar-refractivity contribution < 1.29 is 19.8 Å². The van der Waals surface area contributed by atoms with Crippen LogP contribution >= 0.6 is 0 Å². The number of phenols is 1. The number of nitrogens with one attached hydrogen (secondary N) is 1. The summed E-state index contributed by atoms with van der Waals surface area (Å²) in [5.74, 6) is -1.80. The largest absolute Gasteiger partial charge is 0.507 e. The Bertz CT molecular complexity index is 683. The van der Waals surface area contributed by atoms with Gasteiger partial charge in [-0.25, -0.2) is 4.79 Å². The summed E-state index contributed by atoms with van der Waals surface area (Å²) in [4.78, 5) is 26.5. The van der Waals surface area contributed by atoms with Gasteiger partial charge in [-0.2, -0.15) is 0 Å². The van der Waals surface area contributed by atoms with Crippen LogP contribution in [-0.2, 0) is 0 Å². The standard InChI is InChI=1S/C14H12N2O4/c1-8-2-3-11(12(17)4-8)13(18)16-10-5-9(14(19)20)6-15-7-10/h2-7,17H,1H3,(H,16,18)(H,19,20). The van der Waals surface area contributed by atoms with Crippen LogP contribution in [0.5, 0.6) is 5.75 Å². The molecule has 6 nitrogen and oxygen atoms in total. The van der Waals surface area contributed by atoms with Gasteiger partial charge in [0, 0.05) is 6.20 Å². The summed E-state index contributed by atoms with van der Waals surface area (Å²) >= 11 is 0. The summed E-state index contributed by atoms with van der Waals surface area (Å²) < 4.78 is 0. The van der Waals surface area contributed by atoms with Crippen LogP contribution < -0.4 is 5.32 Å². The number of amides is 1. The van der Waals surface area contributed by atoms with Gasteiger partial charge in [-0.15, -0.1) is 0 Å². The second-order valence-electron chi connectivity index (χ2n) is 4.24. The zero-order chi connectivity index (χ0) is 14.7. The molecule has 1 aromatic carbocycles. The second kappa shape index (κ2) is 5.40. The number of carbonyl (C=O) groups is 2. The van der Waals surface area contributed by atoms with Gasteiger partial charge >= 0.3 is 5.97 Å². The Kier molecular flexibility index (Phi) is 3.65. The molecule has 2 aromatic rings. The third-order valence-electron chi connectivity index (χ3n) is 2.64. The average Bonchev–Trinajstić information content (AvgIpc) is 2.38. The van der Waals surface area contributed by atoms with E-state index in [1.807, 2.05) is 0 Å². The number of aromatic nitrogens is 1. The van der Waals surface area contributed by atoms with E-state index in [-0.39, 0.29) is 22.6 Å². The van der Waals surface area contributed by atoms with E-state index in [1.54, 1.807) is 13.0 Å². The van der Waals surface area contributed by atoms with Crippen LogP contribution in [0.4, 0.5) is 5.69 Å². The Balaban J connectivity index is 2.23. The van der Waals surface area contributed by atoms with E-state index in [0.717, 1.165) is 5.56 Å². The summed E-state index contributed by atoms with van der Waals surface area (Å²) in [5.41, 5.74) is 1.15. The molecule has 102 valence electrons. The van der Waals surface area contributed by atoms with Crippen LogP contribution in [0.25, 0.3) is 0 Å². The first-order valence-electron chi connectivity index (χ1n) is 5.76. The molecule has 1 amide bonds. The number of aryl methyl sites for hydroxylation is 1. The van der Waals surface area contributed by atoms with Gasteiger partial charge in [-0.1, -0.05) is 6.07 Å². The monoisotopic (exact) mass is 272 g/mol. The Hall–Kier alpha value is -2.89. The highest BCUT2D eigenvalue weighted by molar-refractivity contribution is 6.06. The molecule has 0 spiro atoms. The lowest BCUT2D eigenvalue weighted by atomic mass is 10.1. The number of hydrogen-bond acceptors (Lipinski definition) is 4. The molecule has 1 heterocycles. The maximum atomic E-state index is 12.0. The van der Waals surface area contributed by atoms with Crippen molar-refractivity contribution in [3.63, 3.8) is 0 Å². The number of pyridine rings is 1. The summed E-state index contributed by atoms with van der Waals surface area (Å²) in [6.07, 6.45) is 2.51. The van der Waals surface area contributed by atoms with E-state index in [4.69, 9.17) is 5.11 Å². The molecular formula is C14H12N2O4. The minimum atomic E-state index is -1.13. The smallest absolute Gasteiger partial charge is 0.337 e. The van der Waals surface area contributed by atoms with Crippen molar-refractivity contribution >= 4 is 17.6 Å². The molecule has 0 radical (unpaired) electrons. The van der Waals surface area contributed by atoms with Crippen molar-refractivity contribution in [1.82, 2.24) is 4.98 Å². The molecule has 3 N–H and O–H groups in total. The zero-order valence-electron chi connectivity index (χ0n) is 10.6. The zero-order valence-corrected chi connectivity index (χ0v) is 10.6. The number of carboxylic acid groups (broad SMARTS) is 1. The molecule has 0 unspecified atom stereocenters. The number of aromatic hydroxyl groups is 1. The number of carbonyl (C=O) groups excluding carboxylic acids is 1. The Morgan fingerprint density at radius 3 is 2.60 bits per heavy atom. The molecule has 0 aliphatic heterocycles. The number of phenolic OH excluding ortho intramolecular Hbond substituents is 1. The number of aromatic carboxylic acids is 1. The molecule has 0 aliphatic rings. The SMILES string of the molecule is Cc1ccc(C(=O)Nc2cncc(C(=O)O)c2)c(O)c1. The average molecular weight is 272 g/mol. The van der Waals surface area contributed by atoms with Crippen LogP contribution in [0.2, 0.25) is 0 Å². The van der Waals surface area contributed by atoms with E-state index >= 15 is 0 Å². The predicted molar refractivity (Wildman–Crippen MR) is 72.0 cm³/mol. The number of carboxylic acids is 1. The number of benzene rings is 1. The van der Waals surface area contributed by atoms with Gasteiger partial charge in [0.25, 0.3) is 5.91 Å². The normalized spacial score (nSPS) is 10.1. The highest BCUT2D eigenvalue weighted by Gasteiger charge is 2.12. The Morgan fingerprint density at radius 1 is 1.20 bits per heavy atom. The van der Waals surface area contributed by atoms with Crippen molar-refractivity contribution in [2.45, 2.75) is 6.92 Å². The van der Waals surface area contributed by atoms with Crippen molar-refractivity contribution in [2.75, 3.05) is 5.32 Å². The predicted octanol–water partition coefficient (Wildman–Crippen LogP) is 2.05. The lowest BCUT2D eigenvalue weighted by Crippen LogP contribution is -2.13. The van der Waals surface area contributed by atoms with Crippen molar-refractivity contribution in [2.24, 2.45) is 0 Å². The maximum Gasteiger partial charge on any atom is 0.337 e. The second-order valence-corrected chi connectivity index (χ2v) is 4.24. The van der Waals surface area contributed by atoms with Gasteiger partial charge in [0.2, 0.25) is 0 Å². The molecule has 0 aliphatic carbocycles. The first-order valence-corrected chi connectivity index (χ1v) is 5.76. The van der Waals surface area contributed by atoms with Crippen LogP contribution in [-0.4, -0.2) is 27.1 Å². The summed E-state index contributed by atoms with van der Waals surface area (Å²) in [5, 5.41) is 21.0. The molecule has 1 aromatic heterocycles. The highest BCUT2D eigenvalue weighted by atomic mass is 16.4. The number of rotatable bonds is 3. The van der Waals surface area contributed by atoms with E-state index in [0.29, 0.717) is 0 Å². The van der Waals surface area contributed by atoms with Gasteiger partial charge in [-0.05, 0) is 30.7 Å². The summed E-state index contributed by atoms with van der Waals surface area (Å²) in [6.45, 7) is 1.79. The topological polar surface area (TPSA) is 99.5 Å². The Labute approximate surface area is 114 Å². The van der Waals surface area contributed by atoms with Crippen LogP contribution in [0.15, 0.2) is 36.7 Å². The van der Waals surface area contributed by atoms with Gasteiger partial charge in [-0.3, -0.25) is 9.78 Å². The molecule has 0 saturated heterocycles. The lowest BCUT2D eigenvalue weighted by Gasteiger charge is -2.07. The Morgan fingerprint density at radius 2 is 1.95 bits per heavy atom. The van der Waals surface area contributed by atoms with Crippen LogP contribution in [0, 0.1) is 6.92 Å².